The normalized spacial score (nSPS) is 24.2. The molecule has 3 nitrogen and oxygen atoms in total. The molecule has 0 amide bonds. The number of hydrogen-bond acceptors (Lipinski definition) is 3. The number of nitrogens with one attached hydrogen (secondary N) is 1. The number of benzene rings is 1. The quantitative estimate of drug-likeness (QED) is 0.870. The molecule has 2 unspecified atom stereocenters. The highest BCUT2D eigenvalue weighted by Gasteiger charge is 2.22. The molecule has 3 heteroatoms. The van der Waals surface area contributed by atoms with E-state index >= 15 is 0 Å². The van der Waals surface area contributed by atoms with E-state index in [2.05, 4.69) is 30.4 Å². The molecule has 1 fully saturated rings. The molecule has 2 aliphatic rings. The highest BCUT2D eigenvalue weighted by atomic mass is 16.5. The second-order valence-corrected chi connectivity index (χ2v) is 4.98. The van der Waals surface area contributed by atoms with Crippen LogP contribution in [0, 0.1) is 5.92 Å². The molecular weight excluding hydrogens is 214 g/mol. The van der Waals surface area contributed by atoms with Gasteiger partial charge < -0.3 is 14.8 Å². The van der Waals surface area contributed by atoms with Crippen LogP contribution < -0.4 is 10.1 Å². The third-order valence-corrected chi connectivity index (χ3v) is 3.76. The molecule has 17 heavy (non-hydrogen) atoms. The van der Waals surface area contributed by atoms with E-state index in [0.29, 0.717) is 12.0 Å². The maximum absolute atomic E-state index is 5.51. The van der Waals surface area contributed by atoms with Gasteiger partial charge in [0.1, 0.15) is 5.75 Å². The van der Waals surface area contributed by atoms with Crippen molar-refractivity contribution in [3.63, 3.8) is 0 Å². The Hall–Kier alpha value is -1.22. The van der Waals surface area contributed by atoms with E-state index in [1.807, 2.05) is 0 Å². The number of hydrogen-bond donors (Lipinski definition) is 1. The number of rotatable bonds is 3. The van der Waals surface area contributed by atoms with Gasteiger partial charge >= 0.3 is 0 Å². The van der Waals surface area contributed by atoms with E-state index in [9.17, 15) is 0 Å². The zero-order chi connectivity index (χ0) is 11.7. The fourth-order valence-corrected chi connectivity index (χ4v) is 2.60. The number of ether oxygens (including phenoxy) is 2. The molecule has 0 radical (unpaired) electrons. The molecular formula is C14H19NO2. The Morgan fingerprint density at radius 2 is 2.29 bits per heavy atom. The van der Waals surface area contributed by atoms with Gasteiger partial charge in [0.05, 0.1) is 13.2 Å². The topological polar surface area (TPSA) is 30.5 Å². The van der Waals surface area contributed by atoms with E-state index < -0.39 is 0 Å². The first-order valence-corrected chi connectivity index (χ1v) is 6.43. The monoisotopic (exact) mass is 233 g/mol. The first-order chi connectivity index (χ1) is 8.33. The molecule has 0 aliphatic carbocycles. The second kappa shape index (κ2) is 4.57. The standard InChI is InChI=1S/C14H19NO2/c1-10(12-4-6-16-9-12)15-13-2-3-14-11(8-13)5-7-17-14/h2-3,8,10,12,15H,4-7,9H2,1H3. The molecule has 0 spiro atoms. The first kappa shape index (κ1) is 10.9. The first-order valence-electron chi connectivity index (χ1n) is 6.43. The van der Waals surface area contributed by atoms with Crippen molar-refractivity contribution in [3.8, 4) is 5.75 Å². The summed E-state index contributed by atoms with van der Waals surface area (Å²) in [5.41, 5.74) is 2.53. The van der Waals surface area contributed by atoms with Crippen LogP contribution in [-0.2, 0) is 11.2 Å². The Bertz CT molecular complexity index is 399. The van der Waals surface area contributed by atoms with Crippen LogP contribution >= 0.6 is 0 Å². The summed E-state index contributed by atoms with van der Waals surface area (Å²) in [6.45, 7) is 4.87. The van der Waals surface area contributed by atoms with E-state index in [4.69, 9.17) is 9.47 Å². The maximum atomic E-state index is 5.51. The second-order valence-electron chi connectivity index (χ2n) is 4.98. The van der Waals surface area contributed by atoms with Gasteiger partial charge in [-0.3, -0.25) is 0 Å². The van der Waals surface area contributed by atoms with Crippen LogP contribution in [0.3, 0.4) is 0 Å². The minimum atomic E-state index is 0.470. The fraction of sp³-hybridized carbons (Fsp3) is 0.571. The third-order valence-electron chi connectivity index (χ3n) is 3.76. The molecule has 1 aromatic carbocycles. The lowest BCUT2D eigenvalue weighted by Crippen LogP contribution is -2.26. The Kier molecular flexibility index (Phi) is 2.93. The molecule has 92 valence electrons. The van der Waals surface area contributed by atoms with Crippen LogP contribution in [0.5, 0.6) is 5.75 Å². The van der Waals surface area contributed by atoms with Crippen LogP contribution in [0.25, 0.3) is 0 Å². The smallest absolute Gasteiger partial charge is 0.122 e. The molecule has 0 saturated carbocycles. The lowest BCUT2D eigenvalue weighted by atomic mass is 10.0. The maximum Gasteiger partial charge on any atom is 0.122 e. The largest absolute Gasteiger partial charge is 0.493 e. The molecule has 0 bridgehead atoms. The summed E-state index contributed by atoms with van der Waals surface area (Å²) in [6.07, 6.45) is 2.20. The van der Waals surface area contributed by atoms with Crippen LogP contribution in [0.4, 0.5) is 5.69 Å². The summed E-state index contributed by atoms with van der Waals surface area (Å²) in [5, 5.41) is 3.58. The Balaban J connectivity index is 1.68. The lowest BCUT2D eigenvalue weighted by Gasteiger charge is -2.20. The van der Waals surface area contributed by atoms with Crippen molar-refractivity contribution in [2.24, 2.45) is 5.92 Å². The van der Waals surface area contributed by atoms with E-state index in [-0.39, 0.29) is 0 Å². The van der Waals surface area contributed by atoms with Gasteiger partial charge in [-0.1, -0.05) is 0 Å². The van der Waals surface area contributed by atoms with Gasteiger partial charge in [0, 0.05) is 30.7 Å². The minimum absolute atomic E-state index is 0.470. The molecule has 2 heterocycles. The summed E-state index contributed by atoms with van der Waals surface area (Å²) < 4.78 is 10.9. The van der Waals surface area contributed by atoms with Crippen molar-refractivity contribution in [1.82, 2.24) is 0 Å². The minimum Gasteiger partial charge on any atom is -0.493 e. The van der Waals surface area contributed by atoms with Gasteiger partial charge in [-0.2, -0.15) is 0 Å². The summed E-state index contributed by atoms with van der Waals surface area (Å²) in [7, 11) is 0. The SMILES string of the molecule is CC(Nc1ccc2c(c1)CCO2)C1CCOC1. The van der Waals surface area contributed by atoms with Gasteiger partial charge in [-0.25, -0.2) is 0 Å². The highest BCUT2D eigenvalue weighted by Crippen LogP contribution is 2.29. The van der Waals surface area contributed by atoms with Crippen LogP contribution in [0.2, 0.25) is 0 Å². The van der Waals surface area contributed by atoms with Crippen LogP contribution in [0.15, 0.2) is 18.2 Å². The predicted octanol–water partition coefficient (Wildman–Crippen LogP) is 2.46. The van der Waals surface area contributed by atoms with E-state index in [1.165, 1.54) is 17.7 Å². The van der Waals surface area contributed by atoms with Crippen molar-refractivity contribution in [2.45, 2.75) is 25.8 Å². The van der Waals surface area contributed by atoms with Gasteiger partial charge in [0.2, 0.25) is 0 Å². The third kappa shape index (κ3) is 2.25. The van der Waals surface area contributed by atoms with Gasteiger partial charge in [0.15, 0.2) is 0 Å². The molecule has 2 aliphatic heterocycles. The van der Waals surface area contributed by atoms with Crippen molar-refractivity contribution in [1.29, 1.82) is 0 Å². The molecule has 2 atom stereocenters. The van der Waals surface area contributed by atoms with Gasteiger partial charge in [-0.15, -0.1) is 0 Å². The zero-order valence-electron chi connectivity index (χ0n) is 10.2. The van der Waals surface area contributed by atoms with Crippen LogP contribution in [0.1, 0.15) is 18.9 Å². The van der Waals surface area contributed by atoms with Crippen LogP contribution in [-0.4, -0.2) is 25.9 Å². The van der Waals surface area contributed by atoms with Crippen molar-refractivity contribution in [3.05, 3.63) is 23.8 Å². The average molecular weight is 233 g/mol. The molecule has 3 rings (SSSR count). The molecule has 1 saturated heterocycles. The number of anilines is 1. The van der Waals surface area contributed by atoms with Gasteiger partial charge in [-0.05, 0) is 37.1 Å². The van der Waals surface area contributed by atoms with Crippen molar-refractivity contribution in [2.75, 3.05) is 25.1 Å². The van der Waals surface area contributed by atoms with Crippen molar-refractivity contribution >= 4 is 5.69 Å². The van der Waals surface area contributed by atoms with E-state index in [0.717, 1.165) is 32.0 Å². The molecule has 1 N–H and O–H groups in total. The Labute approximate surface area is 102 Å². The fourth-order valence-electron chi connectivity index (χ4n) is 2.60. The molecule has 0 aromatic heterocycles. The Morgan fingerprint density at radius 1 is 1.35 bits per heavy atom. The zero-order valence-corrected chi connectivity index (χ0v) is 10.2. The molecule has 1 aromatic rings. The highest BCUT2D eigenvalue weighted by molar-refractivity contribution is 5.52. The van der Waals surface area contributed by atoms with Crippen molar-refractivity contribution < 1.29 is 9.47 Å². The lowest BCUT2D eigenvalue weighted by molar-refractivity contribution is 0.183. The summed E-state index contributed by atoms with van der Waals surface area (Å²) >= 11 is 0. The summed E-state index contributed by atoms with van der Waals surface area (Å²) in [5.74, 6) is 1.69. The summed E-state index contributed by atoms with van der Waals surface area (Å²) in [6, 6.07) is 6.87. The average Bonchev–Trinajstić information content (AvgIpc) is 2.99. The Morgan fingerprint density at radius 3 is 3.12 bits per heavy atom. The van der Waals surface area contributed by atoms with E-state index in [1.54, 1.807) is 0 Å². The summed E-state index contributed by atoms with van der Waals surface area (Å²) in [4.78, 5) is 0. The van der Waals surface area contributed by atoms with Gasteiger partial charge in [0.25, 0.3) is 0 Å². The number of fused-ring (bicyclic) bond motifs is 1. The predicted molar refractivity (Wildman–Crippen MR) is 67.7 cm³/mol.